The third-order valence-corrected chi connectivity index (χ3v) is 7.91. The van der Waals surface area contributed by atoms with E-state index in [-0.39, 0.29) is 41.6 Å². The summed E-state index contributed by atoms with van der Waals surface area (Å²) in [5.74, 6) is 1.12. The number of rotatable bonds is 9. The largest absolute Gasteiger partial charge is 0.457 e. The van der Waals surface area contributed by atoms with Gasteiger partial charge in [0.05, 0.1) is 31.0 Å². The van der Waals surface area contributed by atoms with Crippen molar-refractivity contribution in [2.24, 2.45) is 0 Å². The molecular formula is C32H34N8O4. The quantitative estimate of drug-likeness (QED) is 0.220. The fraction of sp³-hybridized carbons (Fsp3) is 0.344. The Morgan fingerprint density at radius 2 is 1.89 bits per heavy atom. The highest BCUT2D eigenvalue weighted by Gasteiger charge is 2.34. The smallest absolute Gasteiger partial charge is 0.335 e. The highest BCUT2D eigenvalue weighted by atomic mass is 16.5. The minimum Gasteiger partial charge on any atom is -0.457 e. The summed E-state index contributed by atoms with van der Waals surface area (Å²) in [4.78, 5) is 37.9. The lowest BCUT2D eigenvalue weighted by molar-refractivity contribution is -0.127. The Morgan fingerprint density at radius 3 is 2.57 bits per heavy atom. The summed E-state index contributed by atoms with van der Waals surface area (Å²) < 4.78 is 14.2. The van der Waals surface area contributed by atoms with Crippen LogP contribution in [0, 0.1) is 11.3 Å². The number of likely N-dealkylation sites (tertiary alicyclic amines) is 1. The molecule has 6 rings (SSSR count). The van der Waals surface area contributed by atoms with Crippen molar-refractivity contribution in [3.63, 3.8) is 0 Å². The van der Waals surface area contributed by atoms with E-state index in [0.717, 1.165) is 6.42 Å². The van der Waals surface area contributed by atoms with Gasteiger partial charge >= 0.3 is 5.69 Å². The molecule has 0 unspecified atom stereocenters. The molecule has 2 fully saturated rings. The number of anilines is 1. The fourth-order valence-corrected chi connectivity index (χ4v) is 5.84. The zero-order valence-electron chi connectivity index (χ0n) is 24.6. The first-order valence-electron chi connectivity index (χ1n) is 14.6. The molecular weight excluding hydrogens is 560 g/mol. The maximum absolute atomic E-state index is 14.0. The second-order valence-corrected chi connectivity index (χ2v) is 11.6. The molecule has 3 N–H and O–H groups in total. The topological polar surface area (TPSA) is 153 Å². The van der Waals surface area contributed by atoms with Crippen LogP contribution in [0.1, 0.15) is 26.7 Å². The lowest BCUT2D eigenvalue weighted by Gasteiger charge is -2.35. The number of imidazole rings is 1. The molecule has 12 nitrogen and oxygen atoms in total. The number of fused-ring (bicyclic) bond motifs is 1. The summed E-state index contributed by atoms with van der Waals surface area (Å²) in [5, 5.41) is 13.3. The van der Waals surface area contributed by atoms with Gasteiger partial charge in [0.15, 0.2) is 11.5 Å². The molecule has 1 atom stereocenters. The van der Waals surface area contributed by atoms with E-state index in [2.05, 4.69) is 21.4 Å². The van der Waals surface area contributed by atoms with E-state index in [1.807, 2.05) is 44.2 Å². The summed E-state index contributed by atoms with van der Waals surface area (Å²) >= 11 is 0. The minimum absolute atomic E-state index is 0.0637. The SMILES string of the molecule is CC(C)(C=C(C#N)C(=O)N1CCC[C@H]1Cn1c(=O)n(-c2ccc(Oc3ccccc3)cc2)c2c(N)ncnc21)NC1COC1. The van der Waals surface area contributed by atoms with Crippen LogP contribution in [0.25, 0.3) is 16.9 Å². The highest BCUT2D eigenvalue weighted by Crippen LogP contribution is 2.27. The van der Waals surface area contributed by atoms with Gasteiger partial charge in [0.25, 0.3) is 5.91 Å². The second-order valence-electron chi connectivity index (χ2n) is 11.6. The van der Waals surface area contributed by atoms with Crippen LogP contribution < -0.4 is 21.5 Å². The van der Waals surface area contributed by atoms with Crippen LogP contribution in [0.15, 0.2) is 77.4 Å². The Morgan fingerprint density at radius 1 is 1.16 bits per heavy atom. The number of ether oxygens (including phenoxy) is 2. The van der Waals surface area contributed by atoms with Crippen molar-refractivity contribution < 1.29 is 14.3 Å². The van der Waals surface area contributed by atoms with E-state index in [1.54, 1.807) is 35.2 Å². The van der Waals surface area contributed by atoms with E-state index in [0.29, 0.717) is 54.5 Å². The van der Waals surface area contributed by atoms with E-state index in [1.165, 1.54) is 15.5 Å². The van der Waals surface area contributed by atoms with E-state index in [9.17, 15) is 14.9 Å². The van der Waals surface area contributed by atoms with Gasteiger partial charge in [0.2, 0.25) is 0 Å². The fourth-order valence-electron chi connectivity index (χ4n) is 5.84. The van der Waals surface area contributed by atoms with Gasteiger partial charge in [-0.05, 0) is 69.2 Å². The molecule has 0 aliphatic carbocycles. The van der Waals surface area contributed by atoms with Gasteiger partial charge in [0.1, 0.15) is 35.0 Å². The molecule has 4 aromatic rings. The first-order chi connectivity index (χ1) is 21.2. The molecule has 0 spiro atoms. The number of para-hydroxylation sites is 1. The average Bonchev–Trinajstić information content (AvgIpc) is 3.58. The Balaban J connectivity index is 1.28. The number of nitrogen functional groups attached to an aromatic ring is 1. The number of carbonyl (C=O) groups is 1. The van der Waals surface area contributed by atoms with Crippen LogP contribution in [0.4, 0.5) is 5.82 Å². The van der Waals surface area contributed by atoms with E-state index < -0.39 is 5.54 Å². The Bertz CT molecular complexity index is 1800. The molecule has 2 aliphatic rings. The summed E-state index contributed by atoms with van der Waals surface area (Å²) in [6.45, 7) is 5.74. The number of hydrogen-bond acceptors (Lipinski definition) is 9. The molecule has 12 heteroatoms. The van der Waals surface area contributed by atoms with Crippen LogP contribution in [-0.4, -0.2) is 67.3 Å². The number of amides is 1. The summed E-state index contributed by atoms with van der Waals surface area (Å²) in [6, 6.07) is 18.5. The number of aromatic nitrogens is 4. The number of nitrogens with two attached hydrogens (primary N) is 1. The molecule has 2 aromatic heterocycles. The Labute approximate surface area is 254 Å². The lowest BCUT2D eigenvalue weighted by Crippen LogP contribution is -2.54. The van der Waals surface area contributed by atoms with Gasteiger partial charge in [-0.2, -0.15) is 5.26 Å². The number of carbonyl (C=O) groups excluding carboxylic acids is 1. The van der Waals surface area contributed by atoms with Crippen molar-refractivity contribution >= 4 is 22.9 Å². The summed E-state index contributed by atoms with van der Waals surface area (Å²) in [5.41, 5.74) is 6.74. The molecule has 226 valence electrons. The first kappa shape index (κ1) is 29.1. The molecule has 0 saturated carbocycles. The maximum Gasteiger partial charge on any atom is 0.335 e. The summed E-state index contributed by atoms with van der Waals surface area (Å²) in [7, 11) is 0. The van der Waals surface area contributed by atoms with Crippen molar-refractivity contribution in [1.29, 1.82) is 5.26 Å². The van der Waals surface area contributed by atoms with Crippen LogP contribution in [0.2, 0.25) is 0 Å². The zero-order chi connectivity index (χ0) is 30.8. The molecule has 1 amide bonds. The number of benzene rings is 2. The van der Waals surface area contributed by atoms with Crippen LogP contribution in [0.3, 0.4) is 0 Å². The third kappa shape index (κ3) is 5.79. The highest BCUT2D eigenvalue weighted by molar-refractivity contribution is 5.97. The predicted molar refractivity (Wildman–Crippen MR) is 164 cm³/mol. The van der Waals surface area contributed by atoms with E-state index >= 15 is 0 Å². The normalized spacial score (nSPS) is 17.4. The molecule has 44 heavy (non-hydrogen) atoms. The number of hydrogen-bond donors (Lipinski definition) is 2. The van der Waals surface area contributed by atoms with Crippen molar-refractivity contribution in [3.8, 4) is 23.3 Å². The average molecular weight is 595 g/mol. The van der Waals surface area contributed by atoms with Gasteiger partial charge in [-0.3, -0.25) is 13.9 Å². The standard InChI is InChI=1S/C32H34N8O4/c1-32(2,37-22-18-43-19-22)15-21(16-33)30(41)38-14-6-7-24(38)17-39-29-27(28(34)35-20-36-29)40(31(39)42)23-10-12-26(13-11-23)44-25-8-4-3-5-9-25/h3-5,8-13,15,20,22,24,37H,6-7,14,17-19H2,1-2H3,(H2,34,35,36)/t24-/m0/s1. The molecule has 0 radical (unpaired) electrons. The van der Waals surface area contributed by atoms with Gasteiger partial charge in [0, 0.05) is 18.6 Å². The van der Waals surface area contributed by atoms with Crippen LogP contribution >= 0.6 is 0 Å². The predicted octanol–water partition coefficient (Wildman–Crippen LogP) is 3.16. The lowest BCUT2D eigenvalue weighted by atomic mass is 9.98. The van der Waals surface area contributed by atoms with Gasteiger partial charge < -0.3 is 25.4 Å². The molecule has 2 aliphatic heterocycles. The summed E-state index contributed by atoms with van der Waals surface area (Å²) in [6.07, 6.45) is 4.44. The number of nitriles is 1. The molecule has 2 saturated heterocycles. The Kier molecular flexibility index (Phi) is 7.90. The Hall–Kier alpha value is -4.99. The second kappa shape index (κ2) is 11.9. The molecule has 0 bridgehead atoms. The van der Waals surface area contributed by atoms with Crippen molar-refractivity contribution in [1.82, 2.24) is 29.3 Å². The first-order valence-corrected chi connectivity index (χ1v) is 14.6. The van der Waals surface area contributed by atoms with E-state index in [4.69, 9.17) is 15.2 Å². The molecule has 4 heterocycles. The maximum atomic E-state index is 14.0. The monoisotopic (exact) mass is 594 g/mol. The van der Waals surface area contributed by atoms with Gasteiger partial charge in [-0.25, -0.2) is 14.8 Å². The minimum atomic E-state index is -0.578. The van der Waals surface area contributed by atoms with Crippen molar-refractivity contribution in [3.05, 3.63) is 83.1 Å². The third-order valence-electron chi connectivity index (χ3n) is 7.91. The van der Waals surface area contributed by atoms with Crippen LogP contribution in [-0.2, 0) is 16.1 Å². The molecule has 2 aromatic carbocycles. The van der Waals surface area contributed by atoms with Gasteiger partial charge in [-0.15, -0.1) is 0 Å². The van der Waals surface area contributed by atoms with Crippen molar-refractivity contribution in [2.45, 2.75) is 50.9 Å². The van der Waals surface area contributed by atoms with Crippen LogP contribution in [0.5, 0.6) is 11.5 Å². The van der Waals surface area contributed by atoms with Gasteiger partial charge in [-0.1, -0.05) is 18.2 Å². The van der Waals surface area contributed by atoms with Crippen molar-refractivity contribution in [2.75, 3.05) is 25.5 Å². The number of nitrogens with zero attached hydrogens (tertiary/aromatic N) is 6. The zero-order valence-corrected chi connectivity index (χ0v) is 24.6. The number of nitrogens with one attached hydrogen (secondary N) is 1.